The molecule has 1 aliphatic rings. The van der Waals surface area contributed by atoms with Crippen LogP contribution in [0.15, 0.2) is 48.7 Å². The summed E-state index contributed by atoms with van der Waals surface area (Å²) in [5.41, 5.74) is 1.91. The Kier molecular flexibility index (Phi) is 3.63. The Balaban J connectivity index is 1.69. The third-order valence-corrected chi connectivity index (χ3v) is 3.36. The summed E-state index contributed by atoms with van der Waals surface area (Å²) in [6.07, 6.45) is 3.65. The highest BCUT2D eigenvalue weighted by Gasteiger charge is 2.23. The quantitative estimate of drug-likeness (QED) is 0.858. The van der Waals surface area contributed by atoms with Gasteiger partial charge < -0.3 is 9.64 Å². The molecule has 0 fully saturated rings. The average molecular weight is 268 g/mol. The first-order chi connectivity index (χ1) is 9.84. The summed E-state index contributed by atoms with van der Waals surface area (Å²) in [6, 6.07) is 13.2. The lowest BCUT2D eigenvalue weighted by Crippen LogP contribution is -2.38. The number of ether oxygens (including phenoxy) is 1. The van der Waals surface area contributed by atoms with Gasteiger partial charge in [-0.3, -0.25) is 9.78 Å². The minimum atomic E-state index is -0.0252. The summed E-state index contributed by atoms with van der Waals surface area (Å²) in [4.78, 5) is 18.4. The van der Waals surface area contributed by atoms with Crippen molar-refractivity contribution in [3.63, 3.8) is 0 Å². The number of benzene rings is 1. The minimum Gasteiger partial charge on any atom is -0.484 e. The van der Waals surface area contributed by atoms with Gasteiger partial charge in [-0.15, -0.1) is 0 Å². The lowest BCUT2D eigenvalue weighted by molar-refractivity contribution is -0.120. The number of amides is 1. The standard InChI is InChI=1S/C16H16N2O2/c19-16(12-20-13-6-2-1-3-7-13)18-11-5-8-14-15(18)9-4-10-17-14/h1-4,6-7,9-10H,5,8,11-12H2. The number of aryl methyl sites for hydroxylation is 1. The lowest BCUT2D eigenvalue weighted by Gasteiger charge is -2.28. The predicted molar refractivity (Wildman–Crippen MR) is 76.8 cm³/mol. The number of fused-ring (bicyclic) bond motifs is 1. The zero-order chi connectivity index (χ0) is 13.8. The molecule has 0 bridgehead atoms. The molecule has 3 rings (SSSR count). The molecule has 0 saturated carbocycles. The molecule has 102 valence electrons. The van der Waals surface area contributed by atoms with Crippen LogP contribution in [0.5, 0.6) is 5.75 Å². The normalized spacial score (nSPS) is 13.7. The van der Waals surface area contributed by atoms with E-state index in [9.17, 15) is 4.79 Å². The van der Waals surface area contributed by atoms with E-state index >= 15 is 0 Å². The van der Waals surface area contributed by atoms with Gasteiger partial charge in [0.25, 0.3) is 5.91 Å². The Morgan fingerprint density at radius 1 is 1.20 bits per heavy atom. The number of anilines is 1. The van der Waals surface area contributed by atoms with Crippen LogP contribution in [0.4, 0.5) is 5.69 Å². The van der Waals surface area contributed by atoms with Crippen LogP contribution < -0.4 is 9.64 Å². The molecule has 2 aromatic rings. The molecule has 0 radical (unpaired) electrons. The third kappa shape index (κ3) is 2.64. The van der Waals surface area contributed by atoms with E-state index in [0.717, 1.165) is 30.8 Å². The van der Waals surface area contributed by atoms with E-state index in [1.165, 1.54) is 0 Å². The van der Waals surface area contributed by atoms with Crippen LogP contribution in [0.2, 0.25) is 0 Å². The van der Waals surface area contributed by atoms with Crippen LogP contribution >= 0.6 is 0 Å². The number of carbonyl (C=O) groups excluding carboxylic acids is 1. The van der Waals surface area contributed by atoms with Crippen molar-refractivity contribution >= 4 is 11.6 Å². The second-order valence-electron chi connectivity index (χ2n) is 4.72. The summed E-state index contributed by atoms with van der Waals surface area (Å²) < 4.78 is 5.52. The molecular weight excluding hydrogens is 252 g/mol. The zero-order valence-electron chi connectivity index (χ0n) is 11.2. The predicted octanol–water partition coefficient (Wildman–Crippen LogP) is 2.44. The smallest absolute Gasteiger partial charge is 0.264 e. The number of aromatic nitrogens is 1. The van der Waals surface area contributed by atoms with E-state index in [0.29, 0.717) is 5.75 Å². The fourth-order valence-electron chi connectivity index (χ4n) is 2.39. The highest BCUT2D eigenvalue weighted by atomic mass is 16.5. The van der Waals surface area contributed by atoms with Gasteiger partial charge in [-0.05, 0) is 37.1 Å². The van der Waals surface area contributed by atoms with Crippen molar-refractivity contribution in [3.8, 4) is 5.75 Å². The van der Waals surface area contributed by atoms with Crippen LogP contribution in [-0.4, -0.2) is 24.0 Å². The van der Waals surface area contributed by atoms with Gasteiger partial charge >= 0.3 is 0 Å². The van der Waals surface area contributed by atoms with E-state index in [1.807, 2.05) is 42.5 Å². The van der Waals surface area contributed by atoms with Crippen LogP contribution in [-0.2, 0) is 11.2 Å². The molecule has 1 aromatic heterocycles. The van der Waals surface area contributed by atoms with Gasteiger partial charge in [0, 0.05) is 12.7 Å². The summed E-state index contributed by atoms with van der Waals surface area (Å²) in [7, 11) is 0. The molecule has 4 heteroatoms. The summed E-state index contributed by atoms with van der Waals surface area (Å²) >= 11 is 0. The molecule has 1 aliphatic heterocycles. The second-order valence-corrected chi connectivity index (χ2v) is 4.72. The molecule has 1 aromatic carbocycles. The first-order valence-electron chi connectivity index (χ1n) is 6.77. The van der Waals surface area contributed by atoms with Crippen molar-refractivity contribution in [2.24, 2.45) is 0 Å². The fraction of sp³-hybridized carbons (Fsp3) is 0.250. The van der Waals surface area contributed by atoms with E-state index in [1.54, 1.807) is 11.1 Å². The van der Waals surface area contributed by atoms with E-state index in [-0.39, 0.29) is 12.5 Å². The van der Waals surface area contributed by atoms with E-state index in [2.05, 4.69) is 4.98 Å². The average Bonchev–Trinajstić information content (AvgIpc) is 2.53. The maximum atomic E-state index is 12.3. The Bertz CT molecular complexity index is 598. The van der Waals surface area contributed by atoms with Gasteiger partial charge in [0.1, 0.15) is 5.75 Å². The Hall–Kier alpha value is -2.36. The van der Waals surface area contributed by atoms with Crippen molar-refractivity contribution in [2.45, 2.75) is 12.8 Å². The first kappa shape index (κ1) is 12.7. The van der Waals surface area contributed by atoms with Crippen LogP contribution in [0.3, 0.4) is 0 Å². The molecule has 2 heterocycles. The van der Waals surface area contributed by atoms with Gasteiger partial charge in [-0.1, -0.05) is 18.2 Å². The van der Waals surface area contributed by atoms with Crippen molar-refractivity contribution in [1.29, 1.82) is 0 Å². The van der Waals surface area contributed by atoms with E-state index in [4.69, 9.17) is 4.74 Å². The molecule has 0 spiro atoms. The monoisotopic (exact) mass is 268 g/mol. The van der Waals surface area contributed by atoms with Gasteiger partial charge in [-0.25, -0.2) is 0 Å². The summed E-state index contributed by atoms with van der Waals surface area (Å²) in [5, 5.41) is 0. The van der Waals surface area contributed by atoms with E-state index < -0.39 is 0 Å². The molecule has 20 heavy (non-hydrogen) atoms. The first-order valence-corrected chi connectivity index (χ1v) is 6.77. The van der Waals surface area contributed by atoms with Crippen molar-refractivity contribution < 1.29 is 9.53 Å². The SMILES string of the molecule is O=C(COc1ccccc1)N1CCCc2ncccc21. The van der Waals surface area contributed by atoms with Crippen molar-refractivity contribution in [1.82, 2.24) is 4.98 Å². The Morgan fingerprint density at radius 3 is 2.90 bits per heavy atom. The van der Waals surface area contributed by atoms with Gasteiger partial charge in [0.2, 0.25) is 0 Å². The minimum absolute atomic E-state index is 0.0252. The van der Waals surface area contributed by atoms with Crippen LogP contribution in [0.25, 0.3) is 0 Å². The van der Waals surface area contributed by atoms with Gasteiger partial charge in [-0.2, -0.15) is 0 Å². The second kappa shape index (κ2) is 5.74. The highest BCUT2D eigenvalue weighted by Crippen LogP contribution is 2.24. The number of hydrogen-bond acceptors (Lipinski definition) is 3. The number of hydrogen-bond donors (Lipinski definition) is 0. The van der Waals surface area contributed by atoms with Gasteiger partial charge in [0.05, 0.1) is 11.4 Å². The lowest BCUT2D eigenvalue weighted by atomic mass is 10.1. The zero-order valence-corrected chi connectivity index (χ0v) is 11.2. The Labute approximate surface area is 118 Å². The molecule has 4 nitrogen and oxygen atoms in total. The number of nitrogens with zero attached hydrogens (tertiary/aromatic N) is 2. The highest BCUT2D eigenvalue weighted by molar-refractivity contribution is 5.95. The van der Waals surface area contributed by atoms with Crippen LogP contribution in [0, 0.1) is 0 Å². The number of pyridine rings is 1. The molecule has 0 atom stereocenters. The number of para-hydroxylation sites is 1. The number of carbonyl (C=O) groups is 1. The van der Waals surface area contributed by atoms with Crippen molar-refractivity contribution in [2.75, 3.05) is 18.1 Å². The molecule has 0 saturated heterocycles. The molecule has 0 aliphatic carbocycles. The summed E-state index contributed by atoms with van der Waals surface area (Å²) in [5.74, 6) is 0.687. The topological polar surface area (TPSA) is 42.4 Å². The molecule has 1 amide bonds. The van der Waals surface area contributed by atoms with Gasteiger partial charge in [0.15, 0.2) is 6.61 Å². The van der Waals surface area contributed by atoms with Crippen LogP contribution in [0.1, 0.15) is 12.1 Å². The summed E-state index contributed by atoms with van der Waals surface area (Å²) in [6.45, 7) is 0.786. The molecular formula is C16H16N2O2. The largest absolute Gasteiger partial charge is 0.484 e. The van der Waals surface area contributed by atoms with Crippen molar-refractivity contribution in [3.05, 3.63) is 54.4 Å². The molecule has 0 N–H and O–H groups in total. The maximum absolute atomic E-state index is 12.3. The third-order valence-electron chi connectivity index (χ3n) is 3.36. The maximum Gasteiger partial charge on any atom is 0.264 e. The molecule has 0 unspecified atom stereocenters. The fourth-order valence-corrected chi connectivity index (χ4v) is 2.39. The Morgan fingerprint density at radius 2 is 2.05 bits per heavy atom. The number of rotatable bonds is 3.